The molecule has 0 atom stereocenters. The molecule has 0 amide bonds. The van der Waals surface area contributed by atoms with Crippen LogP contribution in [-0.4, -0.2) is 11.1 Å². The molecule has 2 aromatic carbocycles. The average molecular weight is 352 g/mol. The van der Waals surface area contributed by atoms with E-state index in [1.165, 1.54) is 0 Å². The fourth-order valence-electron chi connectivity index (χ4n) is 3.26. The first kappa shape index (κ1) is 19.8. The van der Waals surface area contributed by atoms with Gasteiger partial charge in [0.1, 0.15) is 11.5 Å². The lowest BCUT2D eigenvalue weighted by Gasteiger charge is -2.24. The van der Waals surface area contributed by atoms with E-state index in [4.69, 9.17) is 4.74 Å². The summed E-state index contributed by atoms with van der Waals surface area (Å²) in [6.45, 7) is 15.8. The van der Waals surface area contributed by atoms with Crippen molar-refractivity contribution in [3.05, 3.63) is 59.2 Å². The molecule has 1 N–H and O–H groups in total. The van der Waals surface area contributed by atoms with Crippen molar-refractivity contribution in [1.82, 2.24) is 0 Å². The van der Waals surface area contributed by atoms with Crippen LogP contribution < -0.4 is 4.74 Å². The lowest BCUT2D eigenvalue weighted by atomic mass is 9.82. The zero-order valence-corrected chi connectivity index (χ0v) is 16.6. The standard InChI is InChI=1S/C23H28O3/c1-8-16-15(4)10-11-19(26-20(24)9-2)21(16)17-12-14(3)13-18(22(17)25)23(5,6)7/h9-13,25H,2,8H2,1,3-7H3. The number of phenols is 1. The third kappa shape index (κ3) is 3.82. The molecule has 138 valence electrons. The van der Waals surface area contributed by atoms with Crippen LogP contribution in [0.15, 0.2) is 36.9 Å². The van der Waals surface area contributed by atoms with Gasteiger partial charge >= 0.3 is 5.97 Å². The van der Waals surface area contributed by atoms with Crippen molar-refractivity contribution >= 4 is 5.97 Å². The number of hydrogen-bond acceptors (Lipinski definition) is 3. The molecule has 0 aromatic heterocycles. The van der Waals surface area contributed by atoms with Gasteiger partial charge in [-0.2, -0.15) is 0 Å². The van der Waals surface area contributed by atoms with Gasteiger partial charge in [-0.1, -0.05) is 46.4 Å². The molecular formula is C23H28O3. The second-order valence-electron chi connectivity index (χ2n) is 7.67. The molecule has 2 aromatic rings. The fraction of sp³-hybridized carbons (Fsp3) is 0.348. The van der Waals surface area contributed by atoms with E-state index >= 15 is 0 Å². The van der Waals surface area contributed by atoms with E-state index in [0.717, 1.165) is 40.3 Å². The third-order valence-electron chi connectivity index (χ3n) is 4.57. The number of ether oxygens (including phenoxy) is 1. The molecule has 0 spiro atoms. The number of hydrogen-bond donors (Lipinski definition) is 1. The Kier molecular flexibility index (Phi) is 5.60. The molecule has 0 radical (unpaired) electrons. The maximum absolute atomic E-state index is 11.8. The van der Waals surface area contributed by atoms with Crippen LogP contribution in [0.1, 0.15) is 49.9 Å². The van der Waals surface area contributed by atoms with E-state index in [1.807, 2.05) is 32.0 Å². The molecule has 0 heterocycles. The third-order valence-corrected chi connectivity index (χ3v) is 4.57. The molecule has 26 heavy (non-hydrogen) atoms. The number of carbonyl (C=O) groups is 1. The van der Waals surface area contributed by atoms with Gasteiger partial charge in [0.05, 0.1) is 0 Å². The number of benzene rings is 2. The summed E-state index contributed by atoms with van der Waals surface area (Å²) >= 11 is 0. The fourth-order valence-corrected chi connectivity index (χ4v) is 3.26. The molecule has 0 saturated heterocycles. The predicted octanol–water partition coefficient (Wildman–Crippen LogP) is 5.63. The summed E-state index contributed by atoms with van der Waals surface area (Å²) in [5.41, 5.74) is 5.33. The van der Waals surface area contributed by atoms with E-state index in [-0.39, 0.29) is 11.2 Å². The van der Waals surface area contributed by atoms with Crippen LogP contribution in [-0.2, 0) is 16.6 Å². The highest BCUT2D eigenvalue weighted by molar-refractivity contribution is 5.88. The Hall–Kier alpha value is -2.55. The number of phenolic OH excluding ortho intramolecular Hbond substituents is 1. The summed E-state index contributed by atoms with van der Waals surface area (Å²) in [5, 5.41) is 11.1. The summed E-state index contributed by atoms with van der Waals surface area (Å²) in [5.74, 6) is 0.165. The van der Waals surface area contributed by atoms with Gasteiger partial charge in [0.2, 0.25) is 0 Å². The normalized spacial score (nSPS) is 11.3. The SMILES string of the molecule is C=CC(=O)Oc1ccc(C)c(CC)c1-c1cc(C)cc(C(C)(C)C)c1O. The van der Waals surface area contributed by atoms with Crippen molar-refractivity contribution in [1.29, 1.82) is 0 Å². The Bertz CT molecular complexity index is 855. The van der Waals surface area contributed by atoms with E-state index in [2.05, 4.69) is 34.3 Å². The number of rotatable bonds is 4. The molecule has 0 aliphatic carbocycles. The van der Waals surface area contributed by atoms with Gasteiger partial charge in [-0.05, 0) is 54.5 Å². The largest absolute Gasteiger partial charge is 0.507 e. The average Bonchev–Trinajstić information content (AvgIpc) is 2.56. The maximum atomic E-state index is 11.8. The van der Waals surface area contributed by atoms with Gasteiger partial charge < -0.3 is 9.84 Å². The zero-order valence-electron chi connectivity index (χ0n) is 16.6. The Morgan fingerprint density at radius 2 is 1.88 bits per heavy atom. The van der Waals surface area contributed by atoms with Crippen molar-refractivity contribution in [2.75, 3.05) is 0 Å². The first-order valence-corrected chi connectivity index (χ1v) is 8.91. The molecule has 2 rings (SSSR count). The van der Waals surface area contributed by atoms with Gasteiger partial charge in [0.15, 0.2) is 0 Å². The monoisotopic (exact) mass is 352 g/mol. The number of aryl methyl sites for hydroxylation is 2. The minimum Gasteiger partial charge on any atom is -0.507 e. The molecule has 0 bridgehead atoms. The molecule has 0 aliphatic rings. The minimum atomic E-state index is -0.514. The summed E-state index contributed by atoms with van der Waals surface area (Å²) in [7, 11) is 0. The van der Waals surface area contributed by atoms with Crippen LogP contribution >= 0.6 is 0 Å². The van der Waals surface area contributed by atoms with Gasteiger partial charge in [0, 0.05) is 22.8 Å². The van der Waals surface area contributed by atoms with Crippen molar-refractivity contribution in [3.63, 3.8) is 0 Å². The van der Waals surface area contributed by atoms with Crippen molar-refractivity contribution in [2.24, 2.45) is 0 Å². The lowest BCUT2D eigenvalue weighted by Crippen LogP contribution is -2.12. The van der Waals surface area contributed by atoms with Crippen LogP contribution in [0.25, 0.3) is 11.1 Å². The zero-order chi connectivity index (χ0) is 19.6. The highest BCUT2D eigenvalue weighted by atomic mass is 16.5. The highest BCUT2D eigenvalue weighted by Gasteiger charge is 2.24. The minimum absolute atomic E-state index is 0.209. The number of aromatic hydroxyl groups is 1. The van der Waals surface area contributed by atoms with E-state index < -0.39 is 5.97 Å². The smallest absolute Gasteiger partial charge is 0.335 e. The van der Waals surface area contributed by atoms with Crippen LogP contribution in [0, 0.1) is 13.8 Å². The quantitative estimate of drug-likeness (QED) is 0.441. The highest BCUT2D eigenvalue weighted by Crippen LogP contribution is 2.45. The van der Waals surface area contributed by atoms with Crippen LogP contribution in [0.2, 0.25) is 0 Å². The van der Waals surface area contributed by atoms with Gasteiger partial charge in [-0.25, -0.2) is 4.79 Å². The van der Waals surface area contributed by atoms with Crippen molar-refractivity contribution in [3.8, 4) is 22.6 Å². The van der Waals surface area contributed by atoms with Gasteiger partial charge in [0.25, 0.3) is 0 Å². The van der Waals surface area contributed by atoms with E-state index in [0.29, 0.717) is 11.3 Å². The summed E-state index contributed by atoms with van der Waals surface area (Å²) in [4.78, 5) is 11.8. The second kappa shape index (κ2) is 7.36. The Morgan fingerprint density at radius 1 is 1.23 bits per heavy atom. The summed E-state index contributed by atoms with van der Waals surface area (Å²) in [6, 6.07) is 7.68. The van der Waals surface area contributed by atoms with Gasteiger partial charge in [-0.15, -0.1) is 0 Å². The van der Waals surface area contributed by atoms with E-state index in [1.54, 1.807) is 6.07 Å². The molecule has 3 nitrogen and oxygen atoms in total. The lowest BCUT2D eigenvalue weighted by molar-refractivity contribution is -0.128. The van der Waals surface area contributed by atoms with Crippen LogP contribution in [0.3, 0.4) is 0 Å². The Morgan fingerprint density at radius 3 is 2.42 bits per heavy atom. The van der Waals surface area contributed by atoms with Crippen molar-refractivity contribution < 1.29 is 14.6 Å². The molecule has 0 aliphatic heterocycles. The molecular weight excluding hydrogens is 324 g/mol. The Balaban J connectivity index is 2.86. The topological polar surface area (TPSA) is 46.5 Å². The second-order valence-corrected chi connectivity index (χ2v) is 7.67. The molecule has 0 saturated carbocycles. The van der Waals surface area contributed by atoms with Gasteiger partial charge in [-0.3, -0.25) is 0 Å². The number of carbonyl (C=O) groups excluding carboxylic acids is 1. The molecule has 0 fully saturated rings. The van der Waals surface area contributed by atoms with Crippen molar-refractivity contribution in [2.45, 2.75) is 53.4 Å². The first-order valence-electron chi connectivity index (χ1n) is 8.91. The predicted molar refractivity (Wildman–Crippen MR) is 107 cm³/mol. The summed E-state index contributed by atoms with van der Waals surface area (Å²) in [6.07, 6.45) is 1.91. The van der Waals surface area contributed by atoms with Crippen LogP contribution in [0.4, 0.5) is 0 Å². The number of esters is 1. The first-order chi connectivity index (χ1) is 12.1. The maximum Gasteiger partial charge on any atom is 0.335 e. The molecule has 3 heteroatoms. The Labute approximate surface area is 156 Å². The van der Waals surface area contributed by atoms with E-state index in [9.17, 15) is 9.90 Å². The summed E-state index contributed by atoms with van der Waals surface area (Å²) < 4.78 is 5.50. The van der Waals surface area contributed by atoms with Crippen LogP contribution in [0.5, 0.6) is 11.5 Å². The molecule has 0 unspecified atom stereocenters.